The number of esters is 1. The Morgan fingerprint density at radius 1 is 1.29 bits per heavy atom. The fourth-order valence-corrected chi connectivity index (χ4v) is 1.09. The minimum Gasteiger partial charge on any atom is -0.482 e. The van der Waals surface area contributed by atoms with Gasteiger partial charge in [-0.25, -0.2) is 4.79 Å². The molecule has 0 atom stereocenters. The first-order valence-corrected chi connectivity index (χ1v) is 4.96. The first-order valence-electron chi connectivity index (χ1n) is 4.96. The highest BCUT2D eigenvalue weighted by atomic mass is 16.6. The van der Waals surface area contributed by atoms with Crippen molar-refractivity contribution >= 4 is 11.8 Å². The number of benzene rings is 1. The molecule has 88 valence electrons. The van der Waals surface area contributed by atoms with Crippen LogP contribution in [0.3, 0.4) is 0 Å². The molecule has 0 heterocycles. The molecule has 0 fully saturated rings. The maximum Gasteiger partial charge on any atom is 0.345 e. The Kier molecular flexibility index (Phi) is 4.77. The summed E-state index contributed by atoms with van der Waals surface area (Å²) in [6.45, 7) is 1.21. The van der Waals surface area contributed by atoms with Crippen molar-refractivity contribution in [2.24, 2.45) is 0 Å². The number of carbonyl (C=O) groups excluding carboxylic acids is 2. The average molecular weight is 232 g/mol. The summed E-state index contributed by atoms with van der Waals surface area (Å²) in [5.74, 6) is 2.12. The Hall–Kier alpha value is -2.28. The lowest BCUT2D eigenvalue weighted by molar-refractivity contribution is -0.144. The molecule has 0 aliphatic rings. The topological polar surface area (TPSA) is 52.6 Å². The van der Waals surface area contributed by atoms with Crippen LogP contribution >= 0.6 is 0 Å². The van der Waals surface area contributed by atoms with Crippen LogP contribution in [0.5, 0.6) is 5.75 Å². The SMILES string of the molecule is C#CCOC(=O)COc1ccc(C(C)=O)cc1. The molecule has 17 heavy (non-hydrogen) atoms. The fourth-order valence-electron chi connectivity index (χ4n) is 1.09. The molecular weight excluding hydrogens is 220 g/mol. The van der Waals surface area contributed by atoms with E-state index < -0.39 is 5.97 Å². The van der Waals surface area contributed by atoms with E-state index in [1.165, 1.54) is 6.92 Å². The van der Waals surface area contributed by atoms with E-state index in [1.54, 1.807) is 24.3 Å². The first kappa shape index (κ1) is 12.8. The zero-order valence-corrected chi connectivity index (χ0v) is 9.43. The van der Waals surface area contributed by atoms with Gasteiger partial charge in [0.25, 0.3) is 0 Å². The molecule has 1 aromatic carbocycles. The molecule has 0 amide bonds. The molecule has 0 radical (unpaired) electrons. The molecule has 1 rings (SSSR count). The van der Waals surface area contributed by atoms with Crippen molar-refractivity contribution in [1.29, 1.82) is 0 Å². The number of ketones is 1. The van der Waals surface area contributed by atoms with Crippen molar-refractivity contribution < 1.29 is 19.1 Å². The van der Waals surface area contributed by atoms with E-state index in [-0.39, 0.29) is 19.0 Å². The maximum absolute atomic E-state index is 11.1. The molecular formula is C13H12O4. The summed E-state index contributed by atoms with van der Waals surface area (Å²) in [4.78, 5) is 22.1. The van der Waals surface area contributed by atoms with Crippen molar-refractivity contribution in [3.63, 3.8) is 0 Å². The zero-order valence-electron chi connectivity index (χ0n) is 9.43. The number of Topliss-reactive ketones (excluding diaryl/α,β-unsaturated/α-hetero) is 1. The third-order valence-corrected chi connectivity index (χ3v) is 1.93. The third-order valence-electron chi connectivity index (χ3n) is 1.93. The van der Waals surface area contributed by atoms with Gasteiger partial charge in [0.05, 0.1) is 0 Å². The quantitative estimate of drug-likeness (QED) is 0.438. The van der Waals surface area contributed by atoms with E-state index in [0.29, 0.717) is 11.3 Å². The van der Waals surface area contributed by atoms with Crippen molar-refractivity contribution in [3.8, 4) is 18.1 Å². The van der Waals surface area contributed by atoms with Crippen LogP contribution in [0, 0.1) is 12.3 Å². The van der Waals surface area contributed by atoms with Crippen LogP contribution in [0.15, 0.2) is 24.3 Å². The number of terminal acetylenes is 1. The Bertz CT molecular complexity index is 439. The van der Waals surface area contributed by atoms with Crippen LogP contribution in [-0.4, -0.2) is 25.0 Å². The fraction of sp³-hybridized carbons (Fsp3) is 0.231. The Labute approximate surface area is 99.5 Å². The molecule has 0 aliphatic heterocycles. The third kappa shape index (κ3) is 4.39. The van der Waals surface area contributed by atoms with Gasteiger partial charge >= 0.3 is 5.97 Å². The van der Waals surface area contributed by atoms with Gasteiger partial charge in [-0.05, 0) is 31.2 Å². The van der Waals surface area contributed by atoms with Gasteiger partial charge in [-0.2, -0.15) is 0 Å². The molecule has 4 heteroatoms. The summed E-state index contributed by atoms with van der Waals surface area (Å²) in [7, 11) is 0. The molecule has 0 spiro atoms. The number of hydrogen-bond acceptors (Lipinski definition) is 4. The molecule has 0 N–H and O–H groups in total. The van der Waals surface area contributed by atoms with Crippen LogP contribution in [0.1, 0.15) is 17.3 Å². The summed E-state index contributed by atoms with van der Waals surface area (Å²) in [6, 6.07) is 6.49. The van der Waals surface area contributed by atoms with Crippen LogP contribution in [0.4, 0.5) is 0 Å². The van der Waals surface area contributed by atoms with E-state index in [2.05, 4.69) is 10.7 Å². The standard InChI is InChI=1S/C13H12O4/c1-3-8-16-13(15)9-17-12-6-4-11(5-7-12)10(2)14/h1,4-7H,8-9H2,2H3. The summed E-state index contributed by atoms with van der Waals surface area (Å²) in [6.07, 6.45) is 4.93. The summed E-state index contributed by atoms with van der Waals surface area (Å²) in [5.41, 5.74) is 0.590. The second-order valence-electron chi connectivity index (χ2n) is 3.23. The molecule has 0 aromatic heterocycles. The Morgan fingerprint density at radius 2 is 1.94 bits per heavy atom. The normalized spacial score (nSPS) is 9.18. The number of ether oxygens (including phenoxy) is 2. The van der Waals surface area contributed by atoms with Gasteiger partial charge in [-0.3, -0.25) is 4.79 Å². The van der Waals surface area contributed by atoms with Crippen LogP contribution in [0.2, 0.25) is 0 Å². The maximum atomic E-state index is 11.1. The van der Waals surface area contributed by atoms with Gasteiger partial charge in [0, 0.05) is 5.56 Å². The first-order chi connectivity index (χ1) is 8.13. The van der Waals surface area contributed by atoms with E-state index in [0.717, 1.165) is 0 Å². The predicted molar refractivity (Wildman–Crippen MR) is 61.7 cm³/mol. The second-order valence-corrected chi connectivity index (χ2v) is 3.23. The highest BCUT2D eigenvalue weighted by Gasteiger charge is 2.04. The lowest BCUT2D eigenvalue weighted by Gasteiger charge is -2.05. The van der Waals surface area contributed by atoms with Crippen LogP contribution < -0.4 is 4.74 Å². The average Bonchev–Trinajstić information content (AvgIpc) is 2.34. The van der Waals surface area contributed by atoms with E-state index in [9.17, 15) is 9.59 Å². The molecule has 0 aliphatic carbocycles. The van der Waals surface area contributed by atoms with Gasteiger partial charge in [0.15, 0.2) is 19.0 Å². The van der Waals surface area contributed by atoms with E-state index in [1.807, 2.05) is 0 Å². The minimum atomic E-state index is -0.529. The van der Waals surface area contributed by atoms with Gasteiger partial charge in [0.1, 0.15) is 5.75 Å². The number of rotatable bonds is 5. The van der Waals surface area contributed by atoms with Crippen molar-refractivity contribution in [2.75, 3.05) is 13.2 Å². The zero-order chi connectivity index (χ0) is 12.7. The molecule has 0 saturated heterocycles. The lowest BCUT2D eigenvalue weighted by atomic mass is 10.1. The van der Waals surface area contributed by atoms with E-state index in [4.69, 9.17) is 11.2 Å². The van der Waals surface area contributed by atoms with E-state index >= 15 is 0 Å². The second kappa shape index (κ2) is 6.33. The van der Waals surface area contributed by atoms with Gasteiger partial charge in [-0.1, -0.05) is 5.92 Å². The smallest absolute Gasteiger partial charge is 0.345 e. The van der Waals surface area contributed by atoms with Crippen molar-refractivity contribution in [3.05, 3.63) is 29.8 Å². The molecule has 4 nitrogen and oxygen atoms in total. The molecule has 0 bridgehead atoms. The van der Waals surface area contributed by atoms with Crippen molar-refractivity contribution in [1.82, 2.24) is 0 Å². The Balaban J connectivity index is 2.45. The molecule has 0 saturated carbocycles. The predicted octanol–water partition coefficient (Wildman–Crippen LogP) is 1.44. The summed E-state index contributed by atoms with van der Waals surface area (Å²) >= 11 is 0. The van der Waals surface area contributed by atoms with Gasteiger partial charge in [-0.15, -0.1) is 6.42 Å². The summed E-state index contributed by atoms with van der Waals surface area (Å²) < 4.78 is 9.77. The lowest BCUT2D eigenvalue weighted by Crippen LogP contribution is -2.14. The molecule has 0 unspecified atom stereocenters. The highest BCUT2D eigenvalue weighted by molar-refractivity contribution is 5.94. The number of hydrogen-bond donors (Lipinski definition) is 0. The van der Waals surface area contributed by atoms with Crippen molar-refractivity contribution in [2.45, 2.75) is 6.92 Å². The minimum absolute atomic E-state index is 0.0232. The highest BCUT2D eigenvalue weighted by Crippen LogP contribution is 2.12. The Morgan fingerprint density at radius 3 is 2.47 bits per heavy atom. The summed E-state index contributed by atoms with van der Waals surface area (Å²) in [5, 5.41) is 0. The largest absolute Gasteiger partial charge is 0.482 e. The number of carbonyl (C=O) groups is 2. The van der Waals surface area contributed by atoms with Crippen LogP contribution in [-0.2, 0) is 9.53 Å². The van der Waals surface area contributed by atoms with Gasteiger partial charge < -0.3 is 9.47 Å². The molecule has 1 aromatic rings. The van der Waals surface area contributed by atoms with Gasteiger partial charge in [0.2, 0.25) is 0 Å². The van der Waals surface area contributed by atoms with Crippen LogP contribution in [0.25, 0.3) is 0 Å². The monoisotopic (exact) mass is 232 g/mol.